The van der Waals surface area contributed by atoms with Crippen LogP contribution < -0.4 is 0 Å². The molecule has 16 heavy (non-hydrogen) atoms. The van der Waals surface area contributed by atoms with Crippen LogP contribution in [0.4, 0.5) is 0 Å². The first-order valence-electron chi connectivity index (χ1n) is 4.46. The molecule has 0 fully saturated rings. The van der Waals surface area contributed by atoms with E-state index in [1.54, 1.807) is 6.92 Å². The molecule has 0 aliphatic heterocycles. The third kappa shape index (κ3) is 2.26. The largest absolute Gasteiger partial charge is 0.395 e. The molecule has 7 nitrogen and oxygen atoms in total. The van der Waals surface area contributed by atoms with Crippen LogP contribution in [0.25, 0.3) is 0 Å². The summed E-state index contributed by atoms with van der Waals surface area (Å²) in [6.45, 7) is 1.36. The standard InChI is InChI=1S/C7H13BrN4O3S/c1-5(4-13)12(3)16(14,15)7-6(8)9-10-11(7)2/h5,13H,4H2,1-3H3. The van der Waals surface area contributed by atoms with Gasteiger partial charge in [0.25, 0.3) is 10.0 Å². The van der Waals surface area contributed by atoms with Gasteiger partial charge in [0.2, 0.25) is 5.03 Å². The molecule has 0 aromatic carbocycles. The number of hydrogen-bond donors (Lipinski definition) is 1. The molecule has 1 N–H and O–H groups in total. The number of nitrogens with zero attached hydrogens (tertiary/aromatic N) is 4. The monoisotopic (exact) mass is 312 g/mol. The average molecular weight is 313 g/mol. The normalized spacial score (nSPS) is 14.4. The summed E-state index contributed by atoms with van der Waals surface area (Å²) in [5.74, 6) is 0. The van der Waals surface area contributed by atoms with E-state index in [4.69, 9.17) is 5.11 Å². The van der Waals surface area contributed by atoms with Crippen LogP contribution in [0, 0.1) is 0 Å². The van der Waals surface area contributed by atoms with Crippen molar-refractivity contribution in [2.24, 2.45) is 7.05 Å². The van der Waals surface area contributed by atoms with Crippen LogP contribution in [0.1, 0.15) is 6.92 Å². The summed E-state index contributed by atoms with van der Waals surface area (Å²) in [5.41, 5.74) is 0. The molecule has 9 heteroatoms. The number of aliphatic hydroxyl groups is 1. The lowest BCUT2D eigenvalue weighted by Gasteiger charge is -2.22. The Labute approximate surface area is 102 Å². The summed E-state index contributed by atoms with van der Waals surface area (Å²) in [6.07, 6.45) is 0. The van der Waals surface area contributed by atoms with Gasteiger partial charge in [-0.1, -0.05) is 5.21 Å². The maximum atomic E-state index is 12.1. The molecule has 1 aromatic heterocycles. The molecule has 1 aromatic rings. The number of rotatable bonds is 4. The fraction of sp³-hybridized carbons (Fsp3) is 0.714. The summed E-state index contributed by atoms with van der Waals surface area (Å²) in [7, 11) is -0.817. The van der Waals surface area contributed by atoms with Gasteiger partial charge in [0.1, 0.15) is 0 Å². The Hall–Kier alpha value is -0.510. The van der Waals surface area contributed by atoms with E-state index >= 15 is 0 Å². The molecule has 0 aliphatic rings. The third-order valence-electron chi connectivity index (χ3n) is 2.25. The van der Waals surface area contributed by atoms with Crippen LogP contribution in [0.15, 0.2) is 9.63 Å². The topological polar surface area (TPSA) is 88.3 Å². The molecule has 1 rings (SSSR count). The number of hydrogen-bond acceptors (Lipinski definition) is 5. The lowest BCUT2D eigenvalue weighted by Crippen LogP contribution is -2.38. The van der Waals surface area contributed by atoms with E-state index in [1.165, 1.54) is 18.8 Å². The van der Waals surface area contributed by atoms with Crippen LogP contribution in [-0.4, -0.2) is 52.5 Å². The number of aryl methyl sites for hydroxylation is 1. The summed E-state index contributed by atoms with van der Waals surface area (Å²) in [6, 6.07) is -0.508. The highest BCUT2D eigenvalue weighted by Gasteiger charge is 2.31. The maximum Gasteiger partial charge on any atom is 0.263 e. The van der Waals surface area contributed by atoms with Crippen LogP contribution >= 0.6 is 15.9 Å². The molecule has 92 valence electrons. The second-order valence-corrected chi connectivity index (χ2v) is 6.03. The first-order chi connectivity index (χ1) is 7.32. The zero-order chi connectivity index (χ0) is 12.5. The van der Waals surface area contributed by atoms with Gasteiger partial charge in [-0.05, 0) is 22.9 Å². The van der Waals surface area contributed by atoms with Crippen molar-refractivity contribution in [1.29, 1.82) is 0 Å². The average Bonchev–Trinajstić information content (AvgIpc) is 2.56. The molecular formula is C7H13BrN4O3S. The molecule has 1 atom stereocenters. The Bertz CT molecular complexity index is 452. The number of aliphatic hydroxyl groups excluding tert-OH is 1. The van der Waals surface area contributed by atoms with Crippen LogP contribution in [0.2, 0.25) is 0 Å². The zero-order valence-corrected chi connectivity index (χ0v) is 11.5. The lowest BCUT2D eigenvalue weighted by molar-refractivity contribution is 0.213. The highest BCUT2D eigenvalue weighted by atomic mass is 79.9. The molecule has 0 aliphatic carbocycles. The molecule has 1 unspecified atom stereocenters. The molecule has 0 saturated heterocycles. The predicted octanol–water partition coefficient (Wildman–Crippen LogP) is -0.421. The fourth-order valence-electron chi connectivity index (χ4n) is 1.08. The van der Waals surface area contributed by atoms with Crippen LogP contribution in [-0.2, 0) is 17.1 Å². The van der Waals surface area contributed by atoms with Crippen molar-refractivity contribution in [3.05, 3.63) is 4.60 Å². The van der Waals surface area contributed by atoms with Crippen molar-refractivity contribution in [1.82, 2.24) is 19.3 Å². The van der Waals surface area contributed by atoms with Crippen LogP contribution in [0.5, 0.6) is 0 Å². The number of halogens is 1. The molecule has 0 amide bonds. The highest BCUT2D eigenvalue weighted by molar-refractivity contribution is 9.10. The van der Waals surface area contributed by atoms with E-state index in [1.807, 2.05) is 0 Å². The zero-order valence-electron chi connectivity index (χ0n) is 9.12. The third-order valence-corrected chi connectivity index (χ3v) is 5.11. The van der Waals surface area contributed by atoms with Gasteiger partial charge >= 0.3 is 0 Å². The van der Waals surface area contributed by atoms with Gasteiger partial charge in [-0.3, -0.25) is 0 Å². The van der Waals surface area contributed by atoms with Gasteiger partial charge in [0.15, 0.2) is 4.60 Å². The molecule has 0 saturated carbocycles. The van der Waals surface area contributed by atoms with E-state index < -0.39 is 16.1 Å². The van der Waals surface area contributed by atoms with Crippen molar-refractivity contribution in [2.75, 3.05) is 13.7 Å². The minimum absolute atomic E-state index is 0.0321. The Kier molecular flexibility index (Phi) is 4.05. The minimum Gasteiger partial charge on any atom is -0.395 e. The van der Waals surface area contributed by atoms with Crippen molar-refractivity contribution in [2.45, 2.75) is 18.0 Å². The van der Waals surface area contributed by atoms with E-state index in [0.717, 1.165) is 4.31 Å². The van der Waals surface area contributed by atoms with Gasteiger partial charge in [0, 0.05) is 20.1 Å². The van der Waals surface area contributed by atoms with Gasteiger partial charge < -0.3 is 5.11 Å². The minimum atomic E-state index is -3.70. The van der Waals surface area contributed by atoms with E-state index in [0.29, 0.717) is 0 Å². The number of sulfonamides is 1. The van der Waals surface area contributed by atoms with Crippen molar-refractivity contribution >= 4 is 26.0 Å². The van der Waals surface area contributed by atoms with Crippen molar-refractivity contribution in [3.63, 3.8) is 0 Å². The Morgan fingerprint density at radius 3 is 2.56 bits per heavy atom. The number of likely N-dealkylation sites (N-methyl/N-ethyl adjacent to an activating group) is 1. The molecule has 0 radical (unpaired) electrons. The predicted molar refractivity (Wildman–Crippen MR) is 60.2 cm³/mol. The summed E-state index contributed by atoms with van der Waals surface area (Å²) < 4.78 is 26.6. The lowest BCUT2D eigenvalue weighted by atomic mass is 10.4. The smallest absolute Gasteiger partial charge is 0.263 e. The van der Waals surface area contributed by atoms with E-state index in [2.05, 4.69) is 26.2 Å². The van der Waals surface area contributed by atoms with Gasteiger partial charge in [0.05, 0.1) is 6.61 Å². The van der Waals surface area contributed by atoms with Crippen LogP contribution in [0.3, 0.4) is 0 Å². The quantitative estimate of drug-likeness (QED) is 0.815. The first kappa shape index (κ1) is 13.6. The molecule has 0 spiro atoms. The fourth-order valence-corrected chi connectivity index (χ4v) is 3.46. The Balaban J connectivity index is 3.22. The van der Waals surface area contributed by atoms with Gasteiger partial charge in [-0.25, -0.2) is 13.1 Å². The van der Waals surface area contributed by atoms with E-state index in [9.17, 15) is 8.42 Å². The van der Waals surface area contributed by atoms with E-state index in [-0.39, 0.29) is 16.2 Å². The Morgan fingerprint density at radius 2 is 2.19 bits per heavy atom. The highest BCUT2D eigenvalue weighted by Crippen LogP contribution is 2.22. The second kappa shape index (κ2) is 4.78. The molecule has 0 bridgehead atoms. The number of aromatic nitrogens is 3. The summed E-state index contributed by atoms with van der Waals surface area (Å²) >= 11 is 3.03. The van der Waals surface area contributed by atoms with Crippen molar-refractivity contribution in [3.8, 4) is 0 Å². The summed E-state index contributed by atoms with van der Waals surface area (Å²) in [4.78, 5) is 0. The van der Waals surface area contributed by atoms with Gasteiger partial charge in [-0.15, -0.1) is 5.10 Å². The van der Waals surface area contributed by atoms with Crippen molar-refractivity contribution < 1.29 is 13.5 Å². The Morgan fingerprint density at radius 1 is 1.62 bits per heavy atom. The second-order valence-electron chi connectivity index (χ2n) is 3.36. The SMILES string of the molecule is CC(CO)N(C)S(=O)(=O)c1c(Br)nnn1C. The molecular weight excluding hydrogens is 300 g/mol. The van der Waals surface area contributed by atoms with Gasteiger partial charge in [-0.2, -0.15) is 4.31 Å². The maximum absolute atomic E-state index is 12.1. The first-order valence-corrected chi connectivity index (χ1v) is 6.69. The summed E-state index contributed by atoms with van der Waals surface area (Å²) in [5, 5.41) is 16.1. The molecule has 1 heterocycles.